The van der Waals surface area contributed by atoms with E-state index in [0.29, 0.717) is 97.1 Å². The molecule has 0 saturated heterocycles. The highest BCUT2D eigenvalue weighted by molar-refractivity contribution is 6.61. The number of nitrogens with zero attached hydrogens (tertiary/aromatic N) is 6. The first-order chi connectivity index (χ1) is 67.3. The summed E-state index contributed by atoms with van der Waals surface area (Å²) in [5, 5.41) is 49.2. The Morgan fingerprint density at radius 2 is 0.800 bits per heavy atom. The third kappa shape index (κ3) is 23.5. The topological polar surface area (TPSA) is 368 Å². The van der Waals surface area contributed by atoms with Gasteiger partial charge in [0.15, 0.2) is 40.4 Å². The van der Waals surface area contributed by atoms with E-state index in [9.17, 15) is 66.7 Å². The van der Waals surface area contributed by atoms with Gasteiger partial charge < -0.3 is 82.7 Å². The number of carbonyl (C=O) groups is 5. The highest BCUT2D eigenvalue weighted by atomic mass is 19.1. The summed E-state index contributed by atoms with van der Waals surface area (Å²) in [6.45, 7) is 7.84. The third-order valence-corrected chi connectivity index (χ3v) is 24.4. The summed E-state index contributed by atoms with van der Waals surface area (Å²) in [5.41, 5.74) is 22.7. The van der Waals surface area contributed by atoms with Gasteiger partial charge in [-0.05, 0) is 308 Å². The molecule has 7 N–H and O–H groups in total. The number of amides is 1. The van der Waals surface area contributed by atoms with Gasteiger partial charge in [-0.2, -0.15) is 0 Å². The van der Waals surface area contributed by atoms with Crippen LogP contribution in [0.1, 0.15) is 185 Å². The number of Topliss-reactive ketones (excluding diaryl/α,β-unsaturated/α-hetero) is 4. The van der Waals surface area contributed by atoms with E-state index in [2.05, 4.69) is 34.9 Å². The quantitative estimate of drug-likeness (QED) is 0.0114. The van der Waals surface area contributed by atoms with Crippen molar-refractivity contribution in [2.45, 2.75) is 98.3 Å². The number of rotatable bonds is 33. The van der Waals surface area contributed by atoms with Crippen molar-refractivity contribution in [3.63, 3.8) is 0 Å². The molecule has 5 aliphatic rings. The number of carbonyl (C=O) groups excluding carboxylic acids is 5. The molecule has 11 aromatic rings. The second kappa shape index (κ2) is 46.1. The molecule has 4 heterocycles. The predicted molar refractivity (Wildman–Crippen MR) is 531 cm³/mol. The average molecular weight is 1900 g/mol. The van der Waals surface area contributed by atoms with Crippen LogP contribution in [0.5, 0.6) is 57.5 Å². The largest absolute Gasteiger partial charge is 0.502 e. The molecule has 1 amide bonds. The molecule has 0 bridgehead atoms. The summed E-state index contributed by atoms with van der Waals surface area (Å²) in [6, 6.07) is 32.3. The molecule has 4 aliphatic carbocycles. The zero-order chi connectivity index (χ0) is 100. The summed E-state index contributed by atoms with van der Waals surface area (Å²) < 4.78 is 105. The van der Waals surface area contributed by atoms with E-state index in [4.69, 9.17) is 42.6 Å². The molecule has 16 rings (SSSR count). The standard InChI is InChI=1S/C28H28FN3O5.C27H27BFNO5.C27H25FN2O4.C25H24BFN2O5/c1-16-19(8-9-23(33)27-30-10-11-31-27)22-15-18(29)6-7-20(22)21(16)12-17-13-24(35-4)26(25(14-17)36-5)37-28(34)32(2)3;1-16-21(9-7-20(31)15-19-5-4-10-30-19)24-14-18(29)6-8-22(24)23(16)11-17-12-25(34-2)27(28(32)33)26(13-17)35-3;1-16-21(7-5-20(31)14-19-15-29-8-9-30-19)24-13-18(28)4-6-22(24)23(16)10-17-11-25(33-2)27(32)26(12-17)34-3;1-14-17(6-7-22(30)21-12-28-13-29-21)20-11-16(27)4-5-18(20)19(14)8-15-9-23(33-2)25(26(31)32)24(10-15)34-3/h6-7,10-15H,8-9H2,1-5H3,(H,30,31);4,6,8,10-14,32-33H,5,7,9,15H2,1-3H3;4,6,8-13,15,32H,5,7,14H2,1-3H3;4-5,8-13,31-32H,6-7H2,1-3H3,(H,28,29). The van der Waals surface area contributed by atoms with E-state index in [0.717, 1.165) is 134 Å². The molecule has 0 saturated carbocycles. The van der Waals surface area contributed by atoms with E-state index in [1.54, 1.807) is 118 Å². The molecule has 0 spiro atoms. The molecule has 33 heteroatoms. The van der Waals surface area contributed by atoms with Crippen molar-refractivity contribution >= 4 is 129 Å². The van der Waals surface area contributed by atoms with Crippen LogP contribution in [0.15, 0.2) is 204 Å². The highest BCUT2D eigenvalue weighted by Gasteiger charge is 2.34. The van der Waals surface area contributed by atoms with Crippen molar-refractivity contribution in [3.8, 4) is 57.5 Å². The SMILES string of the molecule is COc1cc(C=C2C(C)=C(CCC(=O)CC3=NC=CC3)c3cc(F)ccc32)cc(OC)c1B(O)O.COc1cc(C=C2C(C)=C(CCC(=O)Cc3cnccn3)c3cc(F)ccc32)cc(OC)c1O.COc1cc(C=C2C(C)=C(CCC(=O)c3cnc[nH]3)c3cc(F)ccc32)cc(OC)c1B(O)O.COc1cc(C=C2C(C)=C(CCC(=O)c3ncc[nH]3)c3cc(F)ccc32)cc(OC)c1OC(=O)N(C)C. The lowest BCUT2D eigenvalue weighted by Crippen LogP contribution is -2.32. The number of halogens is 4. The fourth-order valence-electron chi connectivity index (χ4n) is 17.5. The molecular formula is C107H104B2F4N8O19. The zero-order valence-corrected chi connectivity index (χ0v) is 79.6. The van der Waals surface area contributed by atoms with Gasteiger partial charge in [-0.1, -0.05) is 30.3 Å². The number of ketones is 4. The number of methoxy groups -OCH3 is 8. The van der Waals surface area contributed by atoms with Crippen LogP contribution in [0.4, 0.5) is 22.4 Å². The summed E-state index contributed by atoms with van der Waals surface area (Å²) >= 11 is 0. The van der Waals surface area contributed by atoms with Gasteiger partial charge in [0.2, 0.25) is 11.5 Å². The number of aromatic hydroxyl groups is 1. The summed E-state index contributed by atoms with van der Waals surface area (Å²) in [6.07, 6.45) is 25.9. The van der Waals surface area contributed by atoms with Crippen LogP contribution in [-0.4, -0.2) is 180 Å². The van der Waals surface area contributed by atoms with Gasteiger partial charge in [-0.3, -0.25) is 34.1 Å². The Hall–Kier alpha value is -15.6. The van der Waals surface area contributed by atoms with E-state index in [1.165, 1.54) is 129 Å². The number of aliphatic imine (C=N–C) groups is 1. The Kier molecular flexibility index (Phi) is 33.5. The van der Waals surface area contributed by atoms with Crippen molar-refractivity contribution in [3.05, 3.63) is 307 Å². The number of phenols is 1. The molecule has 0 atom stereocenters. The Labute approximate surface area is 807 Å². The van der Waals surface area contributed by atoms with Crippen molar-refractivity contribution in [1.29, 1.82) is 0 Å². The molecule has 0 radical (unpaired) electrons. The van der Waals surface area contributed by atoms with Crippen LogP contribution < -0.4 is 53.6 Å². The van der Waals surface area contributed by atoms with Crippen LogP contribution in [0.3, 0.4) is 0 Å². The lowest BCUT2D eigenvalue weighted by atomic mass is 9.78. The van der Waals surface area contributed by atoms with Gasteiger partial charge in [0.25, 0.3) is 0 Å². The molecule has 27 nitrogen and oxygen atoms in total. The fourth-order valence-corrected chi connectivity index (χ4v) is 17.5. The summed E-state index contributed by atoms with van der Waals surface area (Å²) in [5.74, 6) is 1.33. The lowest BCUT2D eigenvalue weighted by Gasteiger charge is -2.17. The van der Waals surface area contributed by atoms with E-state index >= 15 is 0 Å². The van der Waals surface area contributed by atoms with E-state index in [1.807, 2.05) is 58.1 Å². The number of fused-ring (bicyclic) bond motifs is 4. The van der Waals surface area contributed by atoms with Gasteiger partial charge in [-0.15, -0.1) is 0 Å². The highest BCUT2D eigenvalue weighted by Crippen LogP contribution is 2.51. The van der Waals surface area contributed by atoms with E-state index < -0.39 is 20.3 Å². The lowest BCUT2D eigenvalue weighted by molar-refractivity contribution is -0.119. The minimum atomic E-state index is -1.76. The maximum atomic E-state index is 14.2. The van der Waals surface area contributed by atoms with Gasteiger partial charge in [0.1, 0.15) is 63.5 Å². The normalized spacial score (nSPS) is 14.2. The summed E-state index contributed by atoms with van der Waals surface area (Å²) in [4.78, 5) is 89.6. The van der Waals surface area contributed by atoms with Crippen LogP contribution in [-0.2, 0) is 16.0 Å². The van der Waals surface area contributed by atoms with Gasteiger partial charge in [-0.25, -0.2) is 32.3 Å². The third-order valence-electron chi connectivity index (χ3n) is 24.4. The molecule has 720 valence electrons. The monoisotopic (exact) mass is 1900 g/mol. The van der Waals surface area contributed by atoms with Crippen LogP contribution >= 0.6 is 0 Å². The van der Waals surface area contributed by atoms with Gasteiger partial charge in [0, 0.05) is 95.5 Å². The second-order valence-electron chi connectivity index (χ2n) is 33.3. The average Bonchev–Trinajstić information content (AvgIpc) is 1.63. The number of hydrogen-bond donors (Lipinski definition) is 7. The first-order valence-electron chi connectivity index (χ1n) is 44.6. The molecule has 8 aromatic carbocycles. The molecule has 3 aromatic heterocycles. The number of aromatic nitrogens is 6. The molecule has 0 unspecified atom stereocenters. The van der Waals surface area contributed by atoms with Crippen LogP contribution in [0, 0.1) is 23.3 Å². The maximum Gasteiger partial charge on any atom is 0.496 e. The molecular weight excluding hydrogens is 1800 g/mol. The second-order valence-corrected chi connectivity index (χ2v) is 33.3. The van der Waals surface area contributed by atoms with E-state index in [-0.39, 0.29) is 111 Å². The number of imidazole rings is 2. The zero-order valence-electron chi connectivity index (χ0n) is 79.6. The number of phenolic OH excluding ortho intramolecular Hbond substituents is 1. The Morgan fingerprint density at radius 3 is 1.13 bits per heavy atom. The molecule has 1 aliphatic heterocycles. The number of ether oxygens (including phenoxy) is 9. The first kappa shape index (κ1) is 102. The number of allylic oxidation sites excluding steroid dienone is 13. The first-order valence-corrected chi connectivity index (χ1v) is 44.6. The number of aromatic amines is 2. The number of hydrogen-bond acceptors (Lipinski definition) is 24. The predicted octanol–water partition coefficient (Wildman–Crippen LogP) is 18.1. The van der Waals surface area contributed by atoms with Crippen molar-refractivity contribution in [2.75, 3.05) is 71.0 Å². The fraction of sp³-hybridized carbons (Fsp3) is 0.234. The Morgan fingerprint density at radius 1 is 0.429 bits per heavy atom. The minimum absolute atomic E-state index is 0.0455. The summed E-state index contributed by atoms with van der Waals surface area (Å²) in [7, 11) is 11.3. The smallest absolute Gasteiger partial charge is 0.496 e. The minimum Gasteiger partial charge on any atom is -0.502 e. The van der Waals surface area contributed by atoms with Gasteiger partial charge >= 0.3 is 20.3 Å². The number of nitrogens with one attached hydrogen (secondary N) is 2. The van der Waals surface area contributed by atoms with Crippen molar-refractivity contribution in [2.24, 2.45) is 4.99 Å². The Balaban J connectivity index is 0.000000157. The van der Waals surface area contributed by atoms with Gasteiger partial charge in [0.05, 0.1) is 92.4 Å². The van der Waals surface area contributed by atoms with Crippen molar-refractivity contribution < 1.29 is 109 Å². The van der Waals surface area contributed by atoms with Crippen LogP contribution in [0.25, 0.3) is 68.9 Å². The molecule has 0 fully saturated rings. The molecule has 140 heavy (non-hydrogen) atoms. The number of H-pyrrole nitrogens is 2. The van der Waals surface area contributed by atoms with Crippen LogP contribution in [0.2, 0.25) is 0 Å². The maximum absolute atomic E-state index is 14.2. The number of benzene rings is 8. The Bertz CT molecular complexity index is 6840. The van der Waals surface area contributed by atoms with Crippen molar-refractivity contribution in [1.82, 2.24) is 34.8 Å².